The van der Waals surface area contributed by atoms with Crippen molar-refractivity contribution in [1.29, 1.82) is 0 Å². The summed E-state index contributed by atoms with van der Waals surface area (Å²) in [5.41, 5.74) is 2.41. The zero-order valence-electron chi connectivity index (χ0n) is 17.0. The average molecular weight is 409 g/mol. The Balaban J connectivity index is 1.61. The molecule has 1 N–H and O–H groups in total. The van der Waals surface area contributed by atoms with Crippen LogP contribution >= 0.6 is 0 Å². The van der Waals surface area contributed by atoms with Gasteiger partial charge < -0.3 is 14.8 Å². The number of aryl methyl sites for hydroxylation is 2. The number of ether oxygens (including phenoxy) is 2. The van der Waals surface area contributed by atoms with Crippen LogP contribution in [0, 0.1) is 6.92 Å². The van der Waals surface area contributed by atoms with E-state index in [2.05, 4.69) is 15.5 Å². The van der Waals surface area contributed by atoms with Crippen LogP contribution in [-0.4, -0.2) is 51.8 Å². The van der Waals surface area contributed by atoms with Crippen molar-refractivity contribution in [3.63, 3.8) is 0 Å². The Morgan fingerprint density at radius 3 is 2.77 bits per heavy atom. The van der Waals surface area contributed by atoms with Gasteiger partial charge in [-0.15, -0.1) is 0 Å². The number of hydrogen-bond donors (Lipinski definition) is 1. The minimum absolute atomic E-state index is 0.257. The van der Waals surface area contributed by atoms with Crippen LogP contribution in [0.3, 0.4) is 0 Å². The highest BCUT2D eigenvalue weighted by Gasteiger charge is 2.33. The van der Waals surface area contributed by atoms with E-state index < -0.39 is 12.1 Å². The largest absolute Gasteiger partial charge is 0.497 e. The number of amides is 1. The third-order valence-corrected chi connectivity index (χ3v) is 5.11. The molecule has 0 spiro atoms. The second-order valence-electron chi connectivity index (χ2n) is 7.21. The van der Waals surface area contributed by atoms with Crippen LogP contribution in [0.4, 0.5) is 0 Å². The maximum Gasteiger partial charge on any atom is 0.269 e. The Morgan fingerprint density at radius 1 is 1.20 bits per heavy atom. The molecule has 1 saturated heterocycles. The van der Waals surface area contributed by atoms with E-state index in [4.69, 9.17) is 9.47 Å². The maximum absolute atomic E-state index is 12.7. The molecule has 9 heteroatoms. The lowest BCUT2D eigenvalue weighted by molar-refractivity contribution is 0.0915. The molecule has 1 aromatic carbocycles. The molecule has 1 amide bonds. The van der Waals surface area contributed by atoms with Crippen LogP contribution in [-0.2, 0) is 11.8 Å². The zero-order chi connectivity index (χ0) is 21.3. The summed E-state index contributed by atoms with van der Waals surface area (Å²) in [6, 6.07) is 11.5. The van der Waals surface area contributed by atoms with Gasteiger partial charge in [0.2, 0.25) is 0 Å². The smallest absolute Gasteiger partial charge is 0.269 e. The van der Waals surface area contributed by atoms with Crippen molar-refractivity contribution in [2.75, 3.05) is 20.3 Å². The first-order chi connectivity index (χ1) is 14.5. The van der Waals surface area contributed by atoms with E-state index in [-0.39, 0.29) is 18.1 Å². The molecule has 2 atom stereocenters. The third kappa shape index (κ3) is 3.84. The highest BCUT2D eigenvalue weighted by molar-refractivity contribution is 5.92. The highest BCUT2D eigenvalue weighted by atomic mass is 16.5. The van der Waals surface area contributed by atoms with E-state index in [0.717, 1.165) is 11.3 Å². The number of nitrogens with zero attached hydrogens (tertiary/aromatic N) is 4. The average Bonchev–Trinajstić information content (AvgIpc) is 3.33. The molecule has 0 saturated carbocycles. The Morgan fingerprint density at radius 2 is 2.03 bits per heavy atom. The molecule has 0 aliphatic carbocycles. The molecule has 1 fully saturated rings. The lowest BCUT2D eigenvalue weighted by atomic mass is 10.1. The first-order valence-corrected chi connectivity index (χ1v) is 9.60. The Hall–Kier alpha value is -3.46. The Bertz CT molecular complexity index is 1140. The number of rotatable bonds is 5. The molecule has 9 nitrogen and oxygen atoms in total. The summed E-state index contributed by atoms with van der Waals surface area (Å²) >= 11 is 0. The van der Waals surface area contributed by atoms with Crippen LogP contribution in [0.1, 0.15) is 22.2 Å². The predicted molar refractivity (Wildman–Crippen MR) is 110 cm³/mol. The van der Waals surface area contributed by atoms with Crippen LogP contribution in [0.15, 0.2) is 47.3 Å². The fourth-order valence-corrected chi connectivity index (χ4v) is 3.59. The fraction of sp³-hybridized carbons (Fsp3) is 0.333. The quantitative estimate of drug-likeness (QED) is 0.682. The normalized spacial score (nSPS) is 18.4. The van der Waals surface area contributed by atoms with Crippen molar-refractivity contribution in [2.24, 2.45) is 7.05 Å². The monoisotopic (exact) mass is 409 g/mol. The van der Waals surface area contributed by atoms with Gasteiger partial charge in [0.25, 0.3) is 11.5 Å². The van der Waals surface area contributed by atoms with E-state index in [1.165, 1.54) is 15.4 Å². The van der Waals surface area contributed by atoms with Crippen LogP contribution in [0.2, 0.25) is 0 Å². The summed E-state index contributed by atoms with van der Waals surface area (Å²) in [6.07, 6.45) is 0. The van der Waals surface area contributed by atoms with E-state index >= 15 is 0 Å². The van der Waals surface area contributed by atoms with Gasteiger partial charge in [0, 0.05) is 18.7 Å². The minimum Gasteiger partial charge on any atom is -0.497 e. The number of benzene rings is 1. The fourth-order valence-electron chi connectivity index (χ4n) is 3.59. The summed E-state index contributed by atoms with van der Waals surface area (Å²) in [4.78, 5) is 25.3. The molecular formula is C21H23N5O4. The van der Waals surface area contributed by atoms with Crippen LogP contribution in [0.5, 0.6) is 5.75 Å². The Kier molecular flexibility index (Phi) is 5.37. The lowest BCUT2D eigenvalue weighted by Crippen LogP contribution is -2.44. The standard InChI is InChI=1S/C21H23N5O4/c1-13-9-18(25(2)23-13)21(28)22-17-11-30-12-19(17)26-20(27)8-7-16(24-26)14-5-4-6-15(10-14)29-3/h4-10,17,19H,11-12H2,1-3H3,(H,22,28). The summed E-state index contributed by atoms with van der Waals surface area (Å²) in [6.45, 7) is 2.40. The predicted octanol–water partition coefficient (Wildman–Crippen LogP) is 1.33. The molecule has 1 aliphatic heterocycles. The topological polar surface area (TPSA) is 100 Å². The SMILES string of the molecule is COc1cccc(-c2ccc(=O)n(C3COCC3NC(=O)c3cc(C)nn3C)n2)c1. The van der Waals surface area contributed by atoms with Crippen molar-refractivity contribution in [2.45, 2.75) is 19.0 Å². The van der Waals surface area contributed by atoms with Crippen molar-refractivity contribution >= 4 is 5.91 Å². The number of nitrogens with one attached hydrogen (secondary N) is 1. The van der Waals surface area contributed by atoms with Crippen molar-refractivity contribution < 1.29 is 14.3 Å². The molecule has 2 unspecified atom stereocenters. The van der Waals surface area contributed by atoms with Gasteiger partial charge in [-0.1, -0.05) is 12.1 Å². The Labute approximate surface area is 173 Å². The number of aromatic nitrogens is 4. The highest BCUT2D eigenvalue weighted by Crippen LogP contribution is 2.23. The minimum atomic E-state index is -0.415. The number of carbonyl (C=O) groups is 1. The van der Waals surface area contributed by atoms with Gasteiger partial charge in [-0.2, -0.15) is 10.2 Å². The second kappa shape index (κ2) is 8.11. The van der Waals surface area contributed by atoms with Gasteiger partial charge in [-0.05, 0) is 31.2 Å². The number of methoxy groups -OCH3 is 1. The zero-order valence-corrected chi connectivity index (χ0v) is 17.0. The maximum atomic E-state index is 12.7. The van der Waals surface area contributed by atoms with Gasteiger partial charge in [0.15, 0.2) is 0 Å². The third-order valence-electron chi connectivity index (χ3n) is 5.11. The number of carbonyl (C=O) groups excluding carboxylic acids is 1. The van der Waals surface area contributed by atoms with E-state index in [9.17, 15) is 9.59 Å². The summed E-state index contributed by atoms with van der Waals surface area (Å²) in [7, 11) is 3.31. The molecule has 3 heterocycles. The van der Waals surface area contributed by atoms with Crippen molar-refractivity contribution in [3.05, 3.63) is 64.2 Å². The van der Waals surface area contributed by atoms with E-state index in [1.807, 2.05) is 31.2 Å². The van der Waals surface area contributed by atoms with Gasteiger partial charge in [0.1, 0.15) is 17.5 Å². The summed E-state index contributed by atoms with van der Waals surface area (Å²) < 4.78 is 13.8. The van der Waals surface area contributed by atoms with E-state index in [1.54, 1.807) is 26.3 Å². The second-order valence-corrected chi connectivity index (χ2v) is 7.21. The molecule has 4 rings (SSSR count). The summed E-state index contributed by atoms with van der Waals surface area (Å²) in [5, 5.41) is 11.7. The molecule has 3 aromatic rings. The first kappa shape index (κ1) is 19.8. The molecule has 0 radical (unpaired) electrons. The van der Waals surface area contributed by atoms with Crippen LogP contribution < -0.4 is 15.6 Å². The van der Waals surface area contributed by atoms with Crippen LogP contribution in [0.25, 0.3) is 11.3 Å². The first-order valence-electron chi connectivity index (χ1n) is 9.60. The molecule has 156 valence electrons. The summed E-state index contributed by atoms with van der Waals surface area (Å²) in [5.74, 6) is 0.434. The lowest BCUT2D eigenvalue weighted by Gasteiger charge is -2.20. The molecule has 30 heavy (non-hydrogen) atoms. The number of hydrogen-bond acceptors (Lipinski definition) is 6. The molecular weight excluding hydrogens is 386 g/mol. The molecule has 0 bridgehead atoms. The molecule has 1 aliphatic rings. The van der Waals surface area contributed by atoms with Gasteiger partial charge in [-0.25, -0.2) is 4.68 Å². The van der Waals surface area contributed by atoms with Gasteiger partial charge in [0.05, 0.1) is 37.8 Å². The van der Waals surface area contributed by atoms with Gasteiger partial charge >= 0.3 is 0 Å². The van der Waals surface area contributed by atoms with Gasteiger partial charge in [-0.3, -0.25) is 14.3 Å². The van der Waals surface area contributed by atoms with Crippen molar-refractivity contribution in [1.82, 2.24) is 24.9 Å². The van der Waals surface area contributed by atoms with E-state index in [0.29, 0.717) is 23.7 Å². The molecule has 2 aromatic heterocycles. The van der Waals surface area contributed by atoms with Crippen molar-refractivity contribution in [3.8, 4) is 17.0 Å².